The molecule has 0 aromatic heterocycles. The van der Waals surface area contributed by atoms with E-state index in [-0.39, 0.29) is 0 Å². The Balaban J connectivity index is 1.22. The van der Waals surface area contributed by atoms with Crippen LogP contribution >= 0.6 is 0 Å². The monoisotopic (exact) mass is 548 g/mol. The van der Waals surface area contributed by atoms with Crippen molar-refractivity contribution in [1.29, 1.82) is 0 Å². The standard InChI is InChI=1S/C37H48N4/c1-25(2)40-18-16-38-36(40)34-14-12-32(28(6)22-34)10-8-30-20-27(5)21-31(24-30)9-11-33-13-15-35(23-29(33)7)37-39-17-19-41(37)26(3)4/h12-15,20-26H,8-11,16-19H2,1-7H3. The highest BCUT2D eigenvalue weighted by Gasteiger charge is 2.22. The summed E-state index contributed by atoms with van der Waals surface area (Å²) in [6, 6.07) is 22.0. The molecular weight excluding hydrogens is 500 g/mol. The van der Waals surface area contributed by atoms with E-state index in [0.29, 0.717) is 12.1 Å². The molecule has 0 saturated heterocycles. The zero-order valence-electron chi connectivity index (χ0n) is 26.3. The molecular formula is C37H48N4. The Hall–Kier alpha value is -3.40. The van der Waals surface area contributed by atoms with Crippen molar-refractivity contribution >= 4 is 11.7 Å². The van der Waals surface area contributed by atoms with Crippen molar-refractivity contribution in [3.8, 4) is 0 Å². The predicted octanol–water partition coefficient (Wildman–Crippen LogP) is 7.12. The Morgan fingerprint density at radius 2 is 1.02 bits per heavy atom. The average molecular weight is 549 g/mol. The topological polar surface area (TPSA) is 31.2 Å². The predicted molar refractivity (Wildman–Crippen MR) is 175 cm³/mol. The second kappa shape index (κ2) is 12.6. The molecule has 0 unspecified atom stereocenters. The maximum atomic E-state index is 4.80. The van der Waals surface area contributed by atoms with Gasteiger partial charge in [-0.1, -0.05) is 48.0 Å². The summed E-state index contributed by atoms with van der Waals surface area (Å²) in [4.78, 5) is 14.4. The largest absolute Gasteiger partial charge is 0.352 e. The average Bonchev–Trinajstić information content (AvgIpc) is 3.62. The van der Waals surface area contributed by atoms with Gasteiger partial charge >= 0.3 is 0 Å². The van der Waals surface area contributed by atoms with E-state index < -0.39 is 0 Å². The van der Waals surface area contributed by atoms with Gasteiger partial charge in [-0.2, -0.15) is 0 Å². The van der Waals surface area contributed by atoms with Crippen LogP contribution in [-0.2, 0) is 25.7 Å². The number of amidine groups is 2. The van der Waals surface area contributed by atoms with Gasteiger partial charge in [0.2, 0.25) is 0 Å². The number of hydrogen-bond donors (Lipinski definition) is 0. The van der Waals surface area contributed by atoms with Crippen molar-refractivity contribution in [3.05, 3.63) is 105 Å². The Bertz CT molecular complexity index is 1340. The van der Waals surface area contributed by atoms with Gasteiger partial charge in [0, 0.05) is 36.3 Å². The van der Waals surface area contributed by atoms with Gasteiger partial charge in [0.1, 0.15) is 11.7 Å². The van der Waals surface area contributed by atoms with E-state index >= 15 is 0 Å². The van der Waals surface area contributed by atoms with Crippen molar-refractivity contribution in [2.75, 3.05) is 26.2 Å². The Morgan fingerprint density at radius 3 is 1.41 bits per heavy atom. The SMILES string of the molecule is Cc1cc(CCc2ccc(C3=NCCN3C(C)C)cc2C)cc(CCc2ccc(C3=NCCN3C(C)C)cc2C)c1. The third-order valence-electron chi connectivity index (χ3n) is 8.76. The summed E-state index contributed by atoms with van der Waals surface area (Å²) in [6.07, 6.45) is 4.26. The number of aryl methyl sites for hydroxylation is 7. The highest BCUT2D eigenvalue weighted by Crippen LogP contribution is 2.22. The fourth-order valence-electron chi connectivity index (χ4n) is 6.47. The van der Waals surface area contributed by atoms with Crippen LogP contribution in [0.1, 0.15) is 77.8 Å². The van der Waals surface area contributed by atoms with Gasteiger partial charge in [0.15, 0.2) is 0 Å². The van der Waals surface area contributed by atoms with Crippen LogP contribution in [0.3, 0.4) is 0 Å². The molecule has 0 aliphatic carbocycles. The van der Waals surface area contributed by atoms with E-state index in [0.717, 1.165) is 63.5 Å². The fourth-order valence-corrected chi connectivity index (χ4v) is 6.47. The third kappa shape index (κ3) is 6.74. The molecule has 216 valence electrons. The summed E-state index contributed by atoms with van der Waals surface area (Å²) >= 11 is 0. The lowest BCUT2D eigenvalue weighted by Crippen LogP contribution is -2.34. The van der Waals surface area contributed by atoms with E-state index in [1.807, 2.05) is 0 Å². The number of rotatable bonds is 10. The summed E-state index contributed by atoms with van der Waals surface area (Å²) in [5.74, 6) is 2.32. The van der Waals surface area contributed by atoms with E-state index in [1.54, 1.807) is 0 Å². The normalized spacial score (nSPS) is 15.3. The van der Waals surface area contributed by atoms with Crippen molar-refractivity contribution in [1.82, 2.24) is 9.80 Å². The van der Waals surface area contributed by atoms with Crippen molar-refractivity contribution in [2.24, 2.45) is 9.98 Å². The van der Waals surface area contributed by atoms with E-state index in [1.165, 1.54) is 50.1 Å². The summed E-state index contributed by atoms with van der Waals surface area (Å²) < 4.78 is 0. The summed E-state index contributed by atoms with van der Waals surface area (Å²) in [5.41, 5.74) is 12.4. The maximum absolute atomic E-state index is 4.80. The lowest BCUT2D eigenvalue weighted by atomic mass is 9.94. The molecule has 0 bridgehead atoms. The summed E-state index contributed by atoms with van der Waals surface area (Å²) in [5, 5.41) is 0. The Labute approximate surface area is 248 Å². The van der Waals surface area contributed by atoms with Gasteiger partial charge in [-0.3, -0.25) is 9.98 Å². The van der Waals surface area contributed by atoms with Crippen LogP contribution in [0.2, 0.25) is 0 Å². The minimum absolute atomic E-state index is 0.484. The third-order valence-corrected chi connectivity index (χ3v) is 8.76. The first-order valence-corrected chi connectivity index (χ1v) is 15.6. The second-order valence-corrected chi connectivity index (χ2v) is 12.6. The number of benzene rings is 3. The van der Waals surface area contributed by atoms with E-state index in [2.05, 4.69) is 113 Å². The van der Waals surface area contributed by atoms with Crippen LogP contribution in [0, 0.1) is 20.8 Å². The zero-order chi connectivity index (χ0) is 29.1. The van der Waals surface area contributed by atoms with Crippen LogP contribution < -0.4 is 0 Å². The Kier molecular flexibility index (Phi) is 8.97. The first kappa shape index (κ1) is 29.1. The molecule has 2 aliphatic rings. The van der Waals surface area contributed by atoms with Gasteiger partial charge in [-0.05, 0) is 120 Å². The molecule has 0 fully saturated rings. The van der Waals surface area contributed by atoms with Crippen LogP contribution in [-0.4, -0.2) is 59.7 Å². The first-order chi connectivity index (χ1) is 19.7. The first-order valence-electron chi connectivity index (χ1n) is 15.6. The van der Waals surface area contributed by atoms with Gasteiger partial charge in [0.05, 0.1) is 13.1 Å². The highest BCUT2D eigenvalue weighted by atomic mass is 15.3. The molecule has 0 spiro atoms. The molecule has 4 heteroatoms. The van der Waals surface area contributed by atoms with Crippen LogP contribution in [0.25, 0.3) is 0 Å². The molecule has 0 amide bonds. The molecule has 3 aromatic carbocycles. The van der Waals surface area contributed by atoms with Gasteiger partial charge in [0.25, 0.3) is 0 Å². The number of hydrogen-bond acceptors (Lipinski definition) is 4. The molecule has 0 atom stereocenters. The maximum Gasteiger partial charge on any atom is 0.131 e. The highest BCUT2D eigenvalue weighted by molar-refractivity contribution is 6.00. The van der Waals surface area contributed by atoms with Crippen molar-refractivity contribution in [2.45, 2.75) is 86.2 Å². The van der Waals surface area contributed by atoms with Crippen molar-refractivity contribution < 1.29 is 0 Å². The zero-order valence-corrected chi connectivity index (χ0v) is 26.3. The second-order valence-electron chi connectivity index (χ2n) is 12.6. The van der Waals surface area contributed by atoms with Crippen LogP contribution in [0.5, 0.6) is 0 Å². The molecule has 0 N–H and O–H groups in total. The molecule has 5 rings (SSSR count). The van der Waals surface area contributed by atoms with Gasteiger partial charge in [-0.25, -0.2) is 0 Å². The van der Waals surface area contributed by atoms with Gasteiger partial charge < -0.3 is 9.80 Å². The lowest BCUT2D eigenvalue weighted by Gasteiger charge is -2.25. The molecule has 0 radical (unpaired) electrons. The minimum Gasteiger partial charge on any atom is -0.352 e. The number of aliphatic imine (C=N–C) groups is 2. The molecule has 2 aliphatic heterocycles. The van der Waals surface area contributed by atoms with Crippen LogP contribution in [0.15, 0.2) is 64.6 Å². The lowest BCUT2D eigenvalue weighted by molar-refractivity contribution is 0.381. The molecule has 3 aromatic rings. The van der Waals surface area contributed by atoms with E-state index in [4.69, 9.17) is 9.98 Å². The van der Waals surface area contributed by atoms with Crippen LogP contribution in [0.4, 0.5) is 0 Å². The summed E-state index contributed by atoms with van der Waals surface area (Å²) in [6.45, 7) is 19.6. The Morgan fingerprint density at radius 1 is 0.585 bits per heavy atom. The minimum atomic E-state index is 0.484. The van der Waals surface area contributed by atoms with Crippen molar-refractivity contribution in [3.63, 3.8) is 0 Å². The fraction of sp³-hybridized carbons (Fsp3) is 0.459. The molecule has 0 saturated carbocycles. The summed E-state index contributed by atoms with van der Waals surface area (Å²) in [7, 11) is 0. The molecule has 41 heavy (non-hydrogen) atoms. The van der Waals surface area contributed by atoms with Gasteiger partial charge in [-0.15, -0.1) is 0 Å². The molecule has 2 heterocycles. The van der Waals surface area contributed by atoms with E-state index in [9.17, 15) is 0 Å². The number of nitrogens with zero attached hydrogens (tertiary/aromatic N) is 4. The molecule has 4 nitrogen and oxygen atoms in total. The smallest absolute Gasteiger partial charge is 0.131 e. The quantitative estimate of drug-likeness (QED) is 0.270.